The van der Waals surface area contributed by atoms with E-state index in [0.717, 1.165) is 17.3 Å². The second-order valence-electron chi connectivity index (χ2n) is 8.37. The average molecular weight is 578 g/mol. The standard InChI is InChI=1S/C14H13F3N2O4S.C8H14ClN5/c1-7-11(13(21)19(2)18-7)12(20)9-5-4-8(14(15,16)17)6-10(9)24(3,22)23;1-4-10-7-12-6(9)13-8(14-7)11-5(2)3/h4-6,18H,1-3H3;5H,4H2,1-3H3,(H2,10,11,12,13,14). The van der Waals surface area contributed by atoms with Gasteiger partial charge in [-0.05, 0) is 57.5 Å². The Bertz CT molecular complexity index is 1490. The number of anilines is 2. The summed E-state index contributed by atoms with van der Waals surface area (Å²) in [5.41, 5.74) is -2.51. The number of H-pyrrole nitrogens is 1. The summed E-state index contributed by atoms with van der Waals surface area (Å²) in [4.78, 5) is 35.8. The van der Waals surface area contributed by atoms with Gasteiger partial charge in [0.1, 0.15) is 5.56 Å². The van der Waals surface area contributed by atoms with Crippen molar-refractivity contribution in [2.45, 2.75) is 44.8 Å². The number of aryl methyl sites for hydroxylation is 2. The van der Waals surface area contributed by atoms with Crippen molar-refractivity contribution in [2.24, 2.45) is 7.05 Å². The lowest BCUT2D eigenvalue weighted by molar-refractivity contribution is -0.137. The van der Waals surface area contributed by atoms with Crippen LogP contribution in [0.15, 0.2) is 27.9 Å². The Morgan fingerprint density at radius 1 is 1.18 bits per heavy atom. The van der Waals surface area contributed by atoms with Gasteiger partial charge in [0, 0.05) is 37.1 Å². The molecule has 0 bridgehead atoms. The molecule has 0 saturated heterocycles. The van der Waals surface area contributed by atoms with E-state index in [1.807, 2.05) is 20.8 Å². The summed E-state index contributed by atoms with van der Waals surface area (Å²) in [5.74, 6) is 0.0371. The van der Waals surface area contributed by atoms with Crippen molar-refractivity contribution >= 4 is 39.1 Å². The third-order valence-electron chi connectivity index (χ3n) is 4.77. The first-order chi connectivity index (χ1) is 17.4. The van der Waals surface area contributed by atoms with E-state index in [1.54, 1.807) is 0 Å². The molecule has 0 spiro atoms. The molecule has 0 atom stereocenters. The number of aromatic amines is 1. The van der Waals surface area contributed by atoms with Crippen LogP contribution in [0.4, 0.5) is 25.1 Å². The lowest BCUT2D eigenvalue weighted by atomic mass is 10.0. The first-order valence-corrected chi connectivity index (χ1v) is 13.4. The molecular formula is C22H27ClF3N7O4S. The highest BCUT2D eigenvalue weighted by atomic mass is 35.5. The number of nitrogens with zero attached hydrogens (tertiary/aromatic N) is 4. The van der Waals surface area contributed by atoms with E-state index < -0.39 is 43.4 Å². The summed E-state index contributed by atoms with van der Waals surface area (Å²) >= 11 is 5.73. The average Bonchev–Trinajstić information content (AvgIpc) is 3.02. The molecule has 0 amide bonds. The van der Waals surface area contributed by atoms with Crippen LogP contribution in [-0.4, -0.2) is 57.8 Å². The van der Waals surface area contributed by atoms with E-state index in [1.165, 1.54) is 14.0 Å². The number of sulfone groups is 1. The summed E-state index contributed by atoms with van der Waals surface area (Å²) in [5, 5.41) is 8.80. The number of aromatic nitrogens is 5. The molecule has 0 aliphatic rings. The smallest absolute Gasteiger partial charge is 0.354 e. The number of benzene rings is 1. The monoisotopic (exact) mass is 577 g/mol. The van der Waals surface area contributed by atoms with Crippen LogP contribution in [0.25, 0.3) is 0 Å². The highest BCUT2D eigenvalue weighted by Gasteiger charge is 2.34. The lowest BCUT2D eigenvalue weighted by Crippen LogP contribution is -2.21. The maximum atomic E-state index is 12.8. The Morgan fingerprint density at radius 2 is 1.79 bits per heavy atom. The van der Waals surface area contributed by atoms with E-state index in [4.69, 9.17) is 11.6 Å². The Morgan fingerprint density at radius 3 is 2.26 bits per heavy atom. The third-order valence-corrected chi connectivity index (χ3v) is 6.08. The fourth-order valence-corrected chi connectivity index (χ4v) is 4.25. The lowest BCUT2D eigenvalue weighted by Gasteiger charge is -2.11. The van der Waals surface area contributed by atoms with Gasteiger partial charge >= 0.3 is 6.18 Å². The zero-order valence-corrected chi connectivity index (χ0v) is 22.9. The van der Waals surface area contributed by atoms with Crippen LogP contribution < -0.4 is 16.2 Å². The van der Waals surface area contributed by atoms with Gasteiger partial charge in [-0.2, -0.15) is 28.1 Å². The number of carbonyl (C=O) groups excluding carboxylic acids is 1. The van der Waals surface area contributed by atoms with Crippen LogP contribution in [0.5, 0.6) is 0 Å². The second-order valence-corrected chi connectivity index (χ2v) is 10.7. The molecule has 0 aliphatic carbocycles. The van der Waals surface area contributed by atoms with E-state index in [9.17, 15) is 31.2 Å². The summed E-state index contributed by atoms with van der Waals surface area (Å²) < 4.78 is 63.1. The first-order valence-electron chi connectivity index (χ1n) is 11.1. The van der Waals surface area contributed by atoms with Gasteiger partial charge in [-0.1, -0.05) is 0 Å². The molecule has 0 saturated carbocycles. The fourth-order valence-electron chi connectivity index (χ4n) is 3.19. The van der Waals surface area contributed by atoms with Gasteiger partial charge in [0.25, 0.3) is 5.56 Å². The number of hydrogen-bond acceptors (Lipinski definition) is 9. The molecule has 0 fully saturated rings. The number of hydrogen-bond donors (Lipinski definition) is 3. The summed E-state index contributed by atoms with van der Waals surface area (Å²) in [6.45, 7) is 8.16. The maximum absolute atomic E-state index is 12.8. The number of halogens is 4. The zero-order chi connectivity index (χ0) is 29.0. The molecule has 38 heavy (non-hydrogen) atoms. The molecule has 16 heteroatoms. The summed E-state index contributed by atoms with van der Waals surface area (Å²) in [7, 11) is -2.77. The number of ketones is 1. The molecule has 3 N–H and O–H groups in total. The maximum Gasteiger partial charge on any atom is 0.416 e. The van der Waals surface area contributed by atoms with Crippen LogP contribution in [0.2, 0.25) is 5.28 Å². The molecule has 1 aromatic carbocycles. The fraction of sp³-hybridized carbons (Fsp3) is 0.409. The number of carbonyl (C=O) groups is 1. The Labute approximate surface area is 221 Å². The van der Waals surface area contributed by atoms with E-state index >= 15 is 0 Å². The minimum Gasteiger partial charge on any atom is -0.354 e. The largest absolute Gasteiger partial charge is 0.416 e. The number of rotatable bonds is 7. The van der Waals surface area contributed by atoms with E-state index in [2.05, 4.69) is 30.7 Å². The van der Waals surface area contributed by atoms with Gasteiger partial charge in [0.05, 0.1) is 10.5 Å². The first kappa shape index (κ1) is 30.8. The van der Waals surface area contributed by atoms with Gasteiger partial charge < -0.3 is 10.6 Å². The predicted octanol–water partition coefficient (Wildman–Crippen LogP) is 3.45. The quantitative estimate of drug-likeness (QED) is 0.358. The zero-order valence-electron chi connectivity index (χ0n) is 21.4. The van der Waals surface area contributed by atoms with Crippen LogP contribution in [0, 0.1) is 6.92 Å². The topological polar surface area (TPSA) is 152 Å². The molecule has 0 unspecified atom stereocenters. The van der Waals surface area contributed by atoms with Crippen LogP contribution >= 0.6 is 11.6 Å². The summed E-state index contributed by atoms with van der Waals surface area (Å²) in [6, 6.07) is 2.04. The molecular weight excluding hydrogens is 551 g/mol. The van der Waals surface area contributed by atoms with Gasteiger partial charge in [0.15, 0.2) is 9.84 Å². The Kier molecular flexibility index (Phi) is 9.66. The second kappa shape index (κ2) is 11.9. The highest BCUT2D eigenvalue weighted by molar-refractivity contribution is 7.90. The van der Waals surface area contributed by atoms with Crippen LogP contribution in [0.3, 0.4) is 0 Å². The van der Waals surface area contributed by atoms with Gasteiger partial charge in [-0.3, -0.25) is 19.4 Å². The van der Waals surface area contributed by atoms with Crippen molar-refractivity contribution in [1.82, 2.24) is 24.7 Å². The predicted molar refractivity (Wildman–Crippen MR) is 137 cm³/mol. The normalized spacial score (nSPS) is 11.7. The van der Waals surface area contributed by atoms with Crippen LogP contribution in [0.1, 0.15) is 48.0 Å². The molecule has 3 aromatic rings. The summed E-state index contributed by atoms with van der Waals surface area (Å²) in [6.07, 6.45) is -4.07. The Hall–Kier alpha value is -3.46. The van der Waals surface area contributed by atoms with E-state index in [0.29, 0.717) is 30.3 Å². The van der Waals surface area contributed by atoms with Gasteiger partial charge in [-0.15, -0.1) is 0 Å². The molecule has 11 nitrogen and oxygen atoms in total. The van der Waals surface area contributed by atoms with Crippen molar-refractivity contribution in [1.29, 1.82) is 0 Å². The SMILES string of the molecule is CCNc1nc(Cl)nc(NC(C)C)n1.Cc1[nH]n(C)c(=O)c1C(=O)c1ccc(C(F)(F)F)cc1S(C)(=O)=O. The van der Waals surface area contributed by atoms with Crippen molar-refractivity contribution in [3.63, 3.8) is 0 Å². The molecule has 2 heterocycles. The minimum absolute atomic E-state index is 0.187. The minimum atomic E-state index is -4.76. The number of alkyl halides is 3. The van der Waals surface area contributed by atoms with Crippen molar-refractivity contribution in [3.05, 3.63) is 56.2 Å². The van der Waals surface area contributed by atoms with Crippen LogP contribution in [-0.2, 0) is 23.1 Å². The van der Waals surface area contributed by atoms with Gasteiger partial charge in [0.2, 0.25) is 23.0 Å². The molecule has 0 radical (unpaired) electrons. The highest BCUT2D eigenvalue weighted by Crippen LogP contribution is 2.32. The van der Waals surface area contributed by atoms with Crippen molar-refractivity contribution < 1.29 is 26.4 Å². The Balaban J connectivity index is 0.000000308. The molecule has 0 aliphatic heterocycles. The van der Waals surface area contributed by atoms with Gasteiger partial charge in [-0.25, -0.2) is 8.42 Å². The van der Waals surface area contributed by atoms with Crippen molar-refractivity contribution in [3.8, 4) is 0 Å². The van der Waals surface area contributed by atoms with Crippen molar-refractivity contribution in [2.75, 3.05) is 23.4 Å². The molecule has 3 rings (SSSR count). The van der Waals surface area contributed by atoms with E-state index in [-0.39, 0.29) is 22.6 Å². The third kappa shape index (κ3) is 7.77. The number of nitrogens with one attached hydrogen (secondary N) is 3. The molecule has 2 aromatic heterocycles. The molecule has 208 valence electrons.